The number of aryl methyl sites for hydroxylation is 1. The number of nitrogens with zero attached hydrogens (tertiary/aromatic N) is 3. The van der Waals surface area contributed by atoms with Crippen LogP contribution in [-0.4, -0.2) is 28.5 Å². The normalized spacial score (nSPS) is 14.7. The van der Waals surface area contributed by atoms with Gasteiger partial charge in [-0.2, -0.15) is 0 Å². The van der Waals surface area contributed by atoms with Gasteiger partial charge in [-0.3, -0.25) is 0 Å². The monoisotopic (exact) mass is 247 g/mol. The Hall–Kier alpha value is -1.28. The van der Waals surface area contributed by atoms with Crippen LogP contribution in [0.2, 0.25) is 0 Å². The third-order valence-corrected chi connectivity index (χ3v) is 3.34. The molecule has 7 nitrogen and oxygen atoms in total. The second kappa shape index (κ2) is 5.17. The first kappa shape index (κ1) is 12.8. The van der Waals surface area contributed by atoms with E-state index in [0.717, 1.165) is 0 Å². The first-order chi connectivity index (χ1) is 7.45. The van der Waals surface area contributed by atoms with Crippen LogP contribution in [0.3, 0.4) is 0 Å². The molecule has 8 heteroatoms. The maximum Gasteiger partial charge on any atom is 0.381 e. The Labute approximate surface area is 94.9 Å². The zero-order chi connectivity index (χ0) is 12.3. The van der Waals surface area contributed by atoms with E-state index in [-0.39, 0.29) is 12.4 Å². The average Bonchev–Trinajstić information content (AvgIpc) is 2.56. The molecule has 0 aliphatic carbocycles. The molecule has 0 saturated heterocycles. The standard InChI is InChI=1S/C8H13N3O4S/c1-3-7(16(14)15)4-10-5-8(11(12)13)9-6(10)2/h5,7H,3-4H2,1-2H3,(H,14,15). The highest BCUT2D eigenvalue weighted by atomic mass is 32.2. The zero-order valence-corrected chi connectivity index (χ0v) is 9.81. The SMILES string of the molecule is CCC(Cn1cc([N+](=O)[O-])nc1C)S(=O)O. The van der Waals surface area contributed by atoms with Gasteiger partial charge in [0.25, 0.3) is 0 Å². The summed E-state index contributed by atoms with van der Waals surface area (Å²) in [5.74, 6) is 0.228. The van der Waals surface area contributed by atoms with Gasteiger partial charge >= 0.3 is 5.82 Å². The molecule has 1 rings (SSSR count). The predicted octanol–water partition coefficient (Wildman–Crippen LogP) is 1.10. The summed E-state index contributed by atoms with van der Waals surface area (Å²) in [7, 11) is 0. The highest BCUT2D eigenvalue weighted by molar-refractivity contribution is 7.79. The lowest BCUT2D eigenvalue weighted by atomic mass is 10.3. The zero-order valence-electron chi connectivity index (χ0n) is 8.99. The van der Waals surface area contributed by atoms with E-state index in [0.29, 0.717) is 12.2 Å². The van der Waals surface area contributed by atoms with Crippen LogP contribution in [0.25, 0.3) is 0 Å². The van der Waals surface area contributed by atoms with Crippen LogP contribution in [0.4, 0.5) is 5.82 Å². The highest BCUT2D eigenvalue weighted by Crippen LogP contribution is 2.13. The lowest BCUT2D eigenvalue weighted by Crippen LogP contribution is -2.20. The second-order valence-corrected chi connectivity index (χ2v) is 4.58. The van der Waals surface area contributed by atoms with Crippen molar-refractivity contribution in [2.24, 2.45) is 0 Å². The first-order valence-corrected chi connectivity index (χ1v) is 5.90. The van der Waals surface area contributed by atoms with Gasteiger partial charge in [-0.1, -0.05) is 6.92 Å². The van der Waals surface area contributed by atoms with Crippen molar-refractivity contribution in [3.05, 3.63) is 22.1 Å². The van der Waals surface area contributed by atoms with Gasteiger partial charge in [-0.15, -0.1) is 0 Å². The van der Waals surface area contributed by atoms with Gasteiger partial charge < -0.3 is 19.2 Å². The topological polar surface area (TPSA) is 98.3 Å². The van der Waals surface area contributed by atoms with E-state index in [1.54, 1.807) is 13.8 Å². The number of hydrogen-bond donors (Lipinski definition) is 1. The van der Waals surface area contributed by atoms with Gasteiger partial charge in [0, 0.05) is 13.5 Å². The van der Waals surface area contributed by atoms with E-state index < -0.39 is 21.3 Å². The fourth-order valence-electron chi connectivity index (χ4n) is 1.32. The van der Waals surface area contributed by atoms with Gasteiger partial charge in [-0.25, -0.2) is 4.21 Å². The molecule has 2 unspecified atom stereocenters. The van der Waals surface area contributed by atoms with Crippen LogP contribution in [0.5, 0.6) is 0 Å². The minimum absolute atomic E-state index is 0.240. The molecule has 0 radical (unpaired) electrons. The van der Waals surface area contributed by atoms with Gasteiger partial charge in [0.1, 0.15) is 6.20 Å². The van der Waals surface area contributed by atoms with Crippen molar-refractivity contribution < 1.29 is 13.7 Å². The van der Waals surface area contributed by atoms with Gasteiger partial charge in [0.15, 0.2) is 11.1 Å². The van der Waals surface area contributed by atoms with E-state index >= 15 is 0 Å². The fourth-order valence-corrected chi connectivity index (χ4v) is 1.89. The minimum Gasteiger partial charge on any atom is -0.358 e. The van der Waals surface area contributed by atoms with Crippen molar-refractivity contribution >= 4 is 16.9 Å². The lowest BCUT2D eigenvalue weighted by Gasteiger charge is -2.10. The molecule has 0 amide bonds. The summed E-state index contributed by atoms with van der Waals surface area (Å²) in [6, 6.07) is 0. The smallest absolute Gasteiger partial charge is 0.358 e. The summed E-state index contributed by atoms with van der Waals surface area (Å²) in [6.07, 6.45) is 1.80. The third kappa shape index (κ3) is 2.86. The molecule has 1 aromatic heterocycles. The molecule has 0 aliphatic rings. The van der Waals surface area contributed by atoms with Crippen molar-refractivity contribution in [3.8, 4) is 0 Å². The van der Waals surface area contributed by atoms with E-state index in [4.69, 9.17) is 4.55 Å². The predicted molar refractivity (Wildman–Crippen MR) is 58.5 cm³/mol. The summed E-state index contributed by atoms with van der Waals surface area (Å²) in [5.41, 5.74) is 0. The van der Waals surface area contributed by atoms with Crippen LogP contribution in [-0.2, 0) is 17.6 Å². The summed E-state index contributed by atoms with van der Waals surface area (Å²) in [4.78, 5) is 13.6. The maximum absolute atomic E-state index is 10.9. The van der Waals surface area contributed by atoms with E-state index in [2.05, 4.69) is 4.98 Å². The number of hydrogen-bond acceptors (Lipinski definition) is 4. The van der Waals surface area contributed by atoms with E-state index in [9.17, 15) is 14.3 Å². The molecular weight excluding hydrogens is 234 g/mol. The number of nitro groups is 1. The molecule has 2 atom stereocenters. The summed E-state index contributed by atoms with van der Waals surface area (Å²) in [6.45, 7) is 3.67. The molecule has 0 aliphatic heterocycles. The molecule has 0 saturated carbocycles. The maximum atomic E-state index is 10.9. The molecule has 0 spiro atoms. The van der Waals surface area contributed by atoms with Crippen molar-refractivity contribution in [1.82, 2.24) is 9.55 Å². The molecular formula is C8H13N3O4S. The van der Waals surface area contributed by atoms with Crippen LogP contribution in [0, 0.1) is 17.0 Å². The lowest BCUT2D eigenvalue weighted by molar-refractivity contribution is -0.389. The Morgan fingerprint density at radius 1 is 1.75 bits per heavy atom. The largest absolute Gasteiger partial charge is 0.381 e. The van der Waals surface area contributed by atoms with Gasteiger partial charge in [-0.05, 0) is 16.3 Å². The molecule has 0 aromatic carbocycles. The van der Waals surface area contributed by atoms with Crippen molar-refractivity contribution in [2.75, 3.05) is 0 Å². The molecule has 1 aromatic rings. The van der Waals surface area contributed by atoms with Crippen LogP contribution in [0.15, 0.2) is 6.20 Å². The Balaban J connectivity index is 2.88. The van der Waals surface area contributed by atoms with Crippen molar-refractivity contribution in [1.29, 1.82) is 0 Å². The second-order valence-electron chi connectivity index (χ2n) is 3.36. The molecule has 1 N–H and O–H groups in total. The Kier molecular flexibility index (Phi) is 4.13. The molecule has 0 bridgehead atoms. The Morgan fingerprint density at radius 3 is 2.75 bits per heavy atom. The van der Waals surface area contributed by atoms with Gasteiger partial charge in [0.2, 0.25) is 5.82 Å². The van der Waals surface area contributed by atoms with E-state index in [1.807, 2.05) is 0 Å². The van der Waals surface area contributed by atoms with Crippen LogP contribution >= 0.6 is 0 Å². The fraction of sp³-hybridized carbons (Fsp3) is 0.625. The average molecular weight is 247 g/mol. The first-order valence-electron chi connectivity index (χ1n) is 4.73. The number of imidazole rings is 1. The van der Waals surface area contributed by atoms with Crippen molar-refractivity contribution in [2.45, 2.75) is 32.1 Å². The van der Waals surface area contributed by atoms with Gasteiger partial charge in [0.05, 0.1) is 5.25 Å². The molecule has 90 valence electrons. The molecule has 0 fully saturated rings. The molecule has 16 heavy (non-hydrogen) atoms. The summed E-state index contributed by atoms with van der Waals surface area (Å²) >= 11 is -1.93. The van der Waals surface area contributed by atoms with E-state index in [1.165, 1.54) is 10.8 Å². The van der Waals surface area contributed by atoms with Crippen LogP contribution < -0.4 is 0 Å². The Bertz CT molecular complexity index is 417. The molecule has 1 heterocycles. The highest BCUT2D eigenvalue weighted by Gasteiger charge is 2.20. The third-order valence-electron chi connectivity index (χ3n) is 2.29. The summed E-state index contributed by atoms with van der Waals surface area (Å²) < 4.78 is 21.4. The minimum atomic E-state index is -1.93. The number of rotatable bonds is 5. The number of aromatic nitrogens is 2. The quantitative estimate of drug-likeness (QED) is 0.477. The van der Waals surface area contributed by atoms with Crippen molar-refractivity contribution in [3.63, 3.8) is 0 Å². The van der Waals surface area contributed by atoms with Crippen LogP contribution in [0.1, 0.15) is 19.2 Å². The Morgan fingerprint density at radius 2 is 2.38 bits per heavy atom. The summed E-state index contributed by atoms with van der Waals surface area (Å²) in [5, 5.41) is 10.0.